The number of hydrogen-bond donors (Lipinski definition) is 1. The molecule has 52 heavy (non-hydrogen) atoms. The molecular formula is C34H49BN2NaO14. The summed E-state index contributed by atoms with van der Waals surface area (Å²) in [7, 11) is 2.78. The van der Waals surface area contributed by atoms with Crippen molar-refractivity contribution in [3.8, 4) is 23.0 Å². The number of rotatable bonds is 16. The zero-order chi connectivity index (χ0) is 38.4. The fourth-order valence-electron chi connectivity index (χ4n) is 4.17. The first-order chi connectivity index (χ1) is 23.1. The molecule has 0 bridgehead atoms. The summed E-state index contributed by atoms with van der Waals surface area (Å²) in [6, 6.07) is 5.03. The number of nitrogens with zero attached hydrogens (tertiary/aromatic N) is 2. The third kappa shape index (κ3) is 18.0. The first-order valence-electron chi connectivity index (χ1n) is 15.7. The summed E-state index contributed by atoms with van der Waals surface area (Å²) < 4.78 is 31.7. The Balaban J connectivity index is -0.000000893. The number of methoxy groups -OCH3 is 2. The maximum absolute atomic E-state index is 11.6. The summed E-state index contributed by atoms with van der Waals surface area (Å²) >= 11 is 0. The molecule has 0 aromatic heterocycles. The van der Waals surface area contributed by atoms with Crippen LogP contribution in [0.1, 0.15) is 105 Å². The Morgan fingerprint density at radius 3 is 1.46 bits per heavy atom. The van der Waals surface area contributed by atoms with Gasteiger partial charge in [-0.25, -0.2) is 0 Å². The van der Waals surface area contributed by atoms with E-state index in [4.69, 9.17) is 28.4 Å². The van der Waals surface area contributed by atoms with E-state index in [1.165, 1.54) is 46.3 Å². The van der Waals surface area contributed by atoms with E-state index in [9.17, 15) is 39.7 Å². The number of ketones is 1. The number of carbonyl (C=O) groups excluding carboxylic acids is 3. The summed E-state index contributed by atoms with van der Waals surface area (Å²) in [5.41, 5.74) is -1.61. The molecule has 0 aliphatic carbocycles. The second-order valence-corrected chi connectivity index (χ2v) is 12.9. The number of aliphatic hydroxyl groups excluding tert-OH is 1. The van der Waals surface area contributed by atoms with Gasteiger partial charge in [0.2, 0.25) is 0 Å². The number of carbonyl (C=O) groups is 3. The van der Waals surface area contributed by atoms with Crippen LogP contribution in [0.25, 0.3) is 0 Å². The molecule has 0 spiro atoms. The number of benzene rings is 2. The topological polar surface area (TPSA) is 213 Å². The summed E-state index contributed by atoms with van der Waals surface area (Å²) in [5.74, 6) is -0.307. The number of hydrogen-bond acceptors (Lipinski definition) is 14. The third-order valence-electron chi connectivity index (χ3n) is 6.22. The van der Waals surface area contributed by atoms with Crippen LogP contribution in [0, 0.1) is 20.2 Å². The molecule has 0 amide bonds. The number of esters is 2. The van der Waals surface area contributed by atoms with Crippen molar-refractivity contribution < 1.29 is 88.7 Å². The number of Topliss-reactive ketones (excluding diaryl/α,β-unsaturated/α-hetero) is 1. The Morgan fingerprint density at radius 1 is 0.750 bits per heavy atom. The molecule has 2 aromatic carbocycles. The smallest absolute Gasteiger partial charge is 1.00 e. The molecule has 1 N–H and O–H groups in total. The van der Waals surface area contributed by atoms with Gasteiger partial charge in [0.05, 0.1) is 66.6 Å². The van der Waals surface area contributed by atoms with Crippen molar-refractivity contribution in [2.24, 2.45) is 0 Å². The molecule has 283 valence electrons. The molecule has 1 unspecified atom stereocenters. The standard InChI is InChI=1S/C17H25NO7.C17H23NO7.B.Na.H/c2*1-11(19)12-9-14(23-5)15(10-13(12)18(21)22)24-8-6-7-16(20)25-17(2,3)4;;;/h9-11,19H,6-8H2,1-5H3;9-10H,6-8H2,1-5H3;;;/q;;;+1;-1. The van der Waals surface area contributed by atoms with Gasteiger partial charge in [-0.05, 0) is 74.3 Å². The van der Waals surface area contributed by atoms with Crippen LogP contribution in [0.5, 0.6) is 23.0 Å². The Labute approximate surface area is 329 Å². The minimum absolute atomic E-state index is 0. The van der Waals surface area contributed by atoms with Gasteiger partial charge in [-0.3, -0.25) is 34.6 Å². The SMILES string of the molecule is COc1cc(C(C)=O)c([N+](=O)[O-])cc1OCCCC(=O)OC(C)(C)C.COc1cc(C(C)O)c([N+](=O)[O-])cc1OCCCC(=O)OC(C)(C)C.[B].[H-].[Na+]. The molecule has 16 nitrogen and oxygen atoms in total. The zero-order valence-electron chi connectivity index (χ0n) is 32.9. The van der Waals surface area contributed by atoms with Crippen LogP contribution in [0.3, 0.4) is 0 Å². The predicted molar refractivity (Wildman–Crippen MR) is 188 cm³/mol. The molecule has 1 atom stereocenters. The minimum Gasteiger partial charge on any atom is -1.00 e. The van der Waals surface area contributed by atoms with E-state index in [0.29, 0.717) is 12.8 Å². The van der Waals surface area contributed by atoms with Gasteiger partial charge in [0.15, 0.2) is 28.8 Å². The fraction of sp³-hybridized carbons (Fsp3) is 0.559. The summed E-state index contributed by atoms with van der Waals surface area (Å²) in [5, 5.41) is 32.0. The van der Waals surface area contributed by atoms with Crippen LogP contribution in [-0.2, 0) is 19.1 Å². The Hall–Kier alpha value is -3.93. The Bertz CT molecular complexity index is 1530. The molecular weight excluding hydrogens is 694 g/mol. The van der Waals surface area contributed by atoms with Crippen molar-refractivity contribution in [3.63, 3.8) is 0 Å². The van der Waals surface area contributed by atoms with E-state index in [2.05, 4.69) is 0 Å². The Morgan fingerprint density at radius 2 is 1.13 bits per heavy atom. The van der Waals surface area contributed by atoms with Crippen LogP contribution in [0.2, 0.25) is 0 Å². The number of nitro benzene ring substituents is 2. The molecule has 3 radical (unpaired) electrons. The van der Waals surface area contributed by atoms with E-state index in [-0.39, 0.29) is 123 Å². The van der Waals surface area contributed by atoms with Gasteiger partial charge >= 0.3 is 41.5 Å². The number of nitro groups is 2. The predicted octanol–water partition coefficient (Wildman–Crippen LogP) is 3.20. The fourth-order valence-corrected chi connectivity index (χ4v) is 4.17. The number of aliphatic hydroxyl groups is 1. The van der Waals surface area contributed by atoms with E-state index >= 15 is 0 Å². The summed E-state index contributed by atoms with van der Waals surface area (Å²) in [6.45, 7) is 13.7. The largest absolute Gasteiger partial charge is 1.00 e. The van der Waals surface area contributed by atoms with Gasteiger partial charge in [-0.2, -0.15) is 0 Å². The quantitative estimate of drug-likeness (QED) is 0.0653. The molecule has 2 aromatic rings. The van der Waals surface area contributed by atoms with Crippen LogP contribution in [-0.4, -0.2) is 79.7 Å². The molecule has 0 saturated carbocycles. The minimum atomic E-state index is -1.02. The normalized spacial score (nSPS) is 11.2. The van der Waals surface area contributed by atoms with Crippen molar-refractivity contribution in [3.05, 3.63) is 55.6 Å². The van der Waals surface area contributed by atoms with E-state index in [0.717, 1.165) is 6.07 Å². The maximum atomic E-state index is 11.6. The maximum Gasteiger partial charge on any atom is 1.00 e. The first-order valence-corrected chi connectivity index (χ1v) is 15.7. The van der Waals surface area contributed by atoms with Gasteiger partial charge in [0.1, 0.15) is 11.2 Å². The first kappa shape index (κ1) is 50.2. The Kier molecular flexibility index (Phi) is 22.1. The average Bonchev–Trinajstić information content (AvgIpc) is 2.98. The average molecular weight is 744 g/mol. The van der Waals surface area contributed by atoms with Crippen molar-refractivity contribution in [1.82, 2.24) is 0 Å². The second-order valence-electron chi connectivity index (χ2n) is 12.9. The molecule has 0 aliphatic heterocycles. The van der Waals surface area contributed by atoms with Gasteiger partial charge in [-0.1, -0.05) is 0 Å². The van der Waals surface area contributed by atoms with Gasteiger partial charge < -0.3 is 35.0 Å². The molecule has 0 heterocycles. The van der Waals surface area contributed by atoms with Crippen LogP contribution >= 0.6 is 0 Å². The van der Waals surface area contributed by atoms with Crippen molar-refractivity contribution in [2.45, 2.75) is 98.4 Å². The molecule has 0 saturated heterocycles. The van der Waals surface area contributed by atoms with Crippen LogP contribution in [0.15, 0.2) is 24.3 Å². The number of ether oxygens (including phenoxy) is 6. The molecule has 0 aliphatic rings. The summed E-state index contributed by atoms with van der Waals surface area (Å²) in [4.78, 5) is 55.9. The zero-order valence-corrected chi connectivity index (χ0v) is 33.9. The second kappa shape index (κ2) is 22.9. The van der Waals surface area contributed by atoms with Crippen LogP contribution < -0.4 is 48.5 Å². The van der Waals surface area contributed by atoms with Crippen molar-refractivity contribution in [2.75, 3.05) is 27.4 Å². The third-order valence-corrected chi connectivity index (χ3v) is 6.22. The summed E-state index contributed by atoms with van der Waals surface area (Å²) in [6.07, 6.45) is 0.0841. The van der Waals surface area contributed by atoms with Gasteiger partial charge in [0, 0.05) is 27.3 Å². The molecule has 0 fully saturated rings. The van der Waals surface area contributed by atoms with Crippen LogP contribution in [0.4, 0.5) is 11.4 Å². The van der Waals surface area contributed by atoms with Crippen molar-refractivity contribution >= 4 is 37.5 Å². The monoisotopic (exact) mass is 743 g/mol. The van der Waals surface area contributed by atoms with Crippen molar-refractivity contribution in [1.29, 1.82) is 0 Å². The van der Waals surface area contributed by atoms with Gasteiger partial charge in [0.25, 0.3) is 11.4 Å². The van der Waals surface area contributed by atoms with E-state index in [1.54, 1.807) is 41.5 Å². The van der Waals surface area contributed by atoms with Gasteiger partial charge in [-0.15, -0.1) is 0 Å². The van der Waals surface area contributed by atoms with E-state index in [1.807, 2.05) is 0 Å². The van der Waals surface area contributed by atoms with E-state index < -0.39 is 32.9 Å². The molecule has 2 rings (SSSR count). The molecule has 18 heteroatoms.